The Morgan fingerprint density at radius 1 is 1.19 bits per heavy atom. The van der Waals surface area contributed by atoms with Gasteiger partial charge in [-0.25, -0.2) is 9.37 Å². The third-order valence-electron chi connectivity index (χ3n) is 4.96. The molecular weight excluding hydrogens is 439 g/mol. The lowest BCUT2D eigenvalue weighted by Gasteiger charge is -2.07. The van der Waals surface area contributed by atoms with E-state index in [0.717, 1.165) is 11.3 Å². The van der Waals surface area contributed by atoms with Crippen LogP contribution in [0.2, 0.25) is 0 Å². The van der Waals surface area contributed by atoms with Gasteiger partial charge in [0.1, 0.15) is 17.3 Å². The number of hydrogen-bond donors (Lipinski definition) is 2. The second kappa shape index (κ2) is 7.07. The van der Waals surface area contributed by atoms with E-state index in [1.54, 1.807) is 32.0 Å². The number of fused-ring (bicyclic) bond motifs is 1. The lowest BCUT2D eigenvalue weighted by atomic mass is 10.0. The number of aryl methyl sites for hydroxylation is 2. The highest BCUT2D eigenvalue weighted by atomic mass is 32.1. The zero-order valence-electron chi connectivity index (χ0n) is 16.3. The summed E-state index contributed by atoms with van der Waals surface area (Å²) >= 11 is 2.55. The third-order valence-corrected chi connectivity index (χ3v) is 6.65. The average molecular weight is 455 g/mol. The van der Waals surface area contributed by atoms with Crippen molar-refractivity contribution in [3.8, 4) is 28.0 Å². The maximum atomic E-state index is 13.7. The van der Waals surface area contributed by atoms with Crippen molar-refractivity contribution in [1.29, 1.82) is 0 Å². The number of thiophene rings is 1. The van der Waals surface area contributed by atoms with E-state index in [1.165, 1.54) is 28.0 Å². The summed E-state index contributed by atoms with van der Waals surface area (Å²) in [6, 6.07) is 7.58. The molecule has 0 saturated carbocycles. The van der Waals surface area contributed by atoms with Crippen molar-refractivity contribution in [2.45, 2.75) is 13.8 Å². The van der Waals surface area contributed by atoms with Crippen molar-refractivity contribution >= 4 is 38.7 Å². The highest BCUT2D eigenvalue weighted by Crippen LogP contribution is 2.46. The number of carbonyl (C=O) groups is 1. The Hall–Kier alpha value is -3.43. The van der Waals surface area contributed by atoms with Gasteiger partial charge in [-0.05, 0) is 49.6 Å². The molecular formula is C22H15FN2O4S2. The number of aromatic nitrogens is 2. The number of ketones is 1. The van der Waals surface area contributed by atoms with Crippen LogP contribution in [0.3, 0.4) is 0 Å². The van der Waals surface area contributed by atoms with Crippen LogP contribution in [-0.4, -0.2) is 25.5 Å². The molecule has 156 valence electrons. The number of carbonyl (C=O) groups excluding carboxylic acids is 1. The van der Waals surface area contributed by atoms with Crippen LogP contribution in [0.1, 0.15) is 27.4 Å². The predicted octanol–water partition coefficient (Wildman–Crippen LogP) is 5.81. The number of nitrogens with zero attached hydrogens (tertiary/aromatic N) is 2. The zero-order chi connectivity index (χ0) is 21.9. The molecule has 5 rings (SSSR count). The van der Waals surface area contributed by atoms with Gasteiger partial charge in [-0.15, -0.1) is 0 Å². The van der Waals surface area contributed by atoms with Gasteiger partial charge in [0.2, 0.25) is 11.7 Å². The van der Waals surface area contributed by atoms with Crippen LogP contribution in [0.4, 0.5) is 4.39 Å². The monoisotopic (exact) mass is 454 g/mol. The average Bonchev–Trinajstić information content (AvgIpc) is 3.48. The summed E-state index contributed by atoms with van der Waals surface area (Å²) in [5.41, 5.74) is 1.73. The van der Waals surface area contributed by atoms with Crippen LogP contribution in [0.25, 0.3) is 26.6 Å². The highest BCUT2D eigenvalue weighted by Gasteiger charge is 2.32. The van der Waals surface area contributed by atoms with E-state index >= 15 is 0 Å². The van der Waals surface area contributed by atoms with Crippen LogP contribution in [-0.2, 0) is 0 Å². The van der Waals surface area contributed by atoms with Crippen molar-refractivity contribution < 1.29 is 23.8 Å². The molecule has 4 aromatic heterocycles. The number of aromatic hydroxyl groups is 2. The van der Waals surface area contributed by atoms with Gasteiger partial charge < -0.3 is 14.6 Å². The fourth-order valence-corrected chi connectivity index (χ4v) is 5.23. The fraction of sp³-hybridized carbons (Fsp3) is 0.0909. The maximum absolute atomic E-state index is 13.7. The van der Waals surface area contributed by atoms with E-state index in [2.05, 4.69) is 4.98 Å². The topological polar surface area (TPSA) is 88.5 Å². The summed E-state index contributed by atoms with van der Waals surface area (Å²) in [7, 11) is 0. The van der Waals surface area contributed by atoms with E-state index in [1.807, 2.05) is 10.8 Å². The number of benzene rings is 1. The van der Waals surface area contributed by atoms with E-state index < -0.39 is 23.2 Å². The molecule has 0 radical (unpaired) electrons. The Kier molecular flexibility index (Phi) is 4.45. The van der Waals surface area contributed by atoms with Crippen LogP contribution in [0, 0.1) is 19.7 Å². The fourth-order valence-electron chi connectivity index (χ4n) is 3.59. The molecule has 6 nitrogen and oxygen atoms in total. The van der Waals surface area contributed by atoms with E-state index in [4.69, 9.17) is 4.42 Å². The van der Waals surface area contributed by atoms with Crippen LogP contribution in [0.15, 0.2) is 45.5 Å². The van der Waals surface area contributed by atoms with Crippen molar-refractivity contribution in [3.05, 3.63) is 69.6 Å². The molecule has 1 aromatic carbocycles. The quantitative estimate of drug-likeness (QED) is 0.335. The summed E-state index contributed by atoms with van der Waals surface area (Å²) in [4.78, 5) is 17.9. The Balaban J connectivity index is 1.80. The van der Waals surface area contributed by atoms with Crippen LogP contribution in [0.5, 0.6) is 11.6 Å². The first-order valence-corrected chi connectivity index (χ1v) is 11.0. The van der Waals surface area contributed by atoms with Gasteiger partial charge in [-0.3, -0.25) is 9.36 Å². The Bertz CT molecular complexity index is 1460. The molecule has 0 amide bonds. The van der Waals surface area contributed by atoms with Crippen LogP contribution < -0.4 is 0 Å². The Morgan fingerprint density at radius 2 is 2.00 bits per heavy atom. The smallest absolute Gasteiger partial charge is 0.242 e. The third kappa shape index (κ3) is 3.05. The zero-order valence-corrected chi connectivity index (χ0v) is 18.0. The van der Waals surface area contributed by atoms with Gasteiger partial charge in [-0.1, -0.05) is 11.3 Å². The summed E-state index contributed by atoms with van der Waals surface area (Å²) < 4.78 is 21.1. The lowest BCUT2D eigenvalue weighted by molar-refractivity contribution is 0.103. The Morgan fingerprint density at radius 3 is 2.68 bits per heavy atom. The molecule has 0 bridgehead atoms. The van der Waals surface area contributed by atoms with Crippen LogP contribution >= 0.6 is 22.7 Å². The van der Waals surface area contributed by atoms with E-state index in [-0.39, 0.29) is 5.56 Å². The molecule has 0 atom stereocenters. The molecule has 0 saturated heterocycles. The standard InChI is InChI=1S/C22H15FN2O4S2/c1-10-7-14(11(2)29-10)19(26)17-18(12-5-6-30-9-12)25(21(28)20(17)27)22-24-15-4-3-13(23)8-16(15)31-22/h3-9,27-28H,1-2H3. The summed E-state index contributed by atoms with van der Waals surface area (Å²) in [6.45, 7) is 3.40. The first kappa shape index (κ1) is 19.5. The molecule has 5 aromatic rings. The van der Waals surface area contributed by atoms with E-state index in [0.29, 0.717) is 43.7 Å². The minimum atomic E-state index is -0.546. The minimum Gasteiger partial charge on any atom is -0.503 e. The molecule has 0 unspecified atom stereocenters. The predicted molar refractivity (Wildman–Crippen MR) is 117 cm³/mol. The van der Waals surface area contributed by atoms with Gasteiger partial charge in [0.15, 0.2) is 10.9 Å². The number of halogens is 1. The van der Waals surface area contributed by atoms with Gasteiger partial charge >= 0.3 is 0 Å². The minimum absolute atomic E-state index is 0.0507. The summed E-state index contributed by atoms with van der Waals surface area (Å²) in [6.07, 6.45) is 0. The van der Waals surface area contributed by atoms with Gasteiger partial charge in [0, 0.05) is 10.9 Å². The molecule has 0 spiro atoms. The molecule has 2 N–H and O–H groups in total. The van der Waals surface area contributed by atoms with Crippen molar-refractivity contribution in [1.82, 2.24) is 9.55 Å². The van der Waals surface area contributed by atoms with E-state index in [9.17, 15) is 19.4 Å². The van der Waals surface area contributed by atoms with Crippen molar-refractivity contribution in [2.24, 2.45) is 0 Å². The second-order valence-electron chi connectivity index (χ2n) is 7.01. The summed E-state index contributed by atoms with van der Waals surface area (Å²) in [5.74, 6) is -0.955. The van der Waals surface area contributed by atoms with Gasteiger partial charge in [0.05, 0.1) is 27.0 Å². The Labute approximate surface area is 183 Å². The van der Waals surface area contributed by atoms with Gasteiger partial charge in [-0.2, -0.15) is 11.3 Å². The normalized spacial score (nSPS) is 11.5. The molecule has 0 aliphatic heterocycles. The molecule has 0 aliphatic rings. The first-order chi connectivity index (χ1) is 14.8. The summed E-state index contributed by atoms with van der Waals surface area (Å²) in [5, 5.41) is 25.6. The largest absolute Gasteiger partial charge is 0.503 e. The SMILES string of the molecule is Cc1cc(C(=O)c2c(O)c(O)n(-c3nc4ccc(F)cc4s3)c2-c2ccsc2)c(C)o1. The lowest BCUT2D eigenvalue weighted by Crippen LogP contribution is -2.04. The maximum Gasteiger partial charge on any atom is 0.242 e. The second-order valence-corrected chi connectivity index (χ2v) is 8.80. The number of rotatable bonds is 4. The molecule has 0 aliphatic carbocycles. The molecule has 4 heterocycles. The number of hydrogen-bond acceptors (Lipinski definition) is 7. The molecule has 0 fully saturated rings. The van der Waals surface area contributed by atoms with Crippen molar-refractivity contribution in [2.75, 3.05) is 0 Å². The molecule has 31 heavy (non-hydrogen) atoms. The van der Waals surface area contributed by atoms with Gasteiger partial charge in [0.25, 0.3) is 0 Å². The first-order valence-electron chi connectivity index (χ1n) is 9.22. The van der Waals surface area contributed by atoms with Crippen molar-refractivity contribution in [3.63, 3.8) is 0 Å². The molecule has 9 heteroatoms. The number of thiazole rings is 1. The number of furan rings is 1. The highest BCUT2D eigenvalue weighted by molar-refractivity contribution is 7.20.